The number of likely N-dealkylation sites (N-methyl/N-ethyl adjacent to an activating group) is 1. The average Bonchev–Trinajstić information content (AvgIpc) is 2.66. The van der Waals surface area contributed by atoms with Gasteiger partial charge in [0, 0.05) is 17.8 Å². The molecular formula is C11H22N2O2S. The molecule has 3 unspecified atom stereocenters. The van der Waals surface area contributed by atoms with Crippen molar-refractivity contribution < 1.29 is 9.53 Å². The lowest BCUT2D eigenvalue weighted by Crippen LogP contribution is -2.46. The van der Waals surface area contributed by atoms with E-state index in [4.69, 9.17) is 4.74 Å². The summed E-state index contributed by atoms with van der Waals surface area (Å²) in [5.41, 5.74) is 0. The Morgan fingerprint density at radius 3 is 2.94 bits per heavy atom. The molecule has 0 spiro atoms. The van der Waals surface area contributed by atoms with Crippen molar-refractivity contribution in [2.24, 2.45) is 5.92 Å². The Hall–Kier alpha value is -0.260. The fourth-order valence-electron chi connectivity index (χ4n) is 1.92. The maximum absolute atomic E-state index is 12.0. The molecule has 1 heterocycles. The molecule has 5 heteroatoms. The van der Waals surface area contributed by atoms with E-state index in [0.29, 0.717) is 13.2 Å². The maximum atomic E-state index is 12.0. The Morgan fingerprint density at radius 2 is 2.31 bits per heavy atom. The summed E-state index contributed by atoms with van der Waals surface area (Å²) in [6.45, 7) is 6.13. The van der Waals surface area contributed by atoms with Crippen molar-refractivity contribution in [3.8, 4) is 0 Å². The number of nitrogens with one attached hydrogen (secondary N) is 2. The zero-order chi connectivity index (χ0) is 12.0. The zero-order valence-electron chi connectivity index (χ0n) is 10.3. The van der Waals surface area contributed by atoms with E-state index in [2.05, 4.69) is 10.6 Å². The predicted molar refractivity (Wildman–Crippen MR) is 67.8 cm³/mol. The molecule has 1 aliphatic rings. The van der Waals surface area contributed by atoms with Gasteiger partial charge in [-0.2, -0.15) is 11.8 Å². The molecule has 0 bridgehead atoms. The van der Waals surface area contributed by atoms with E-state index in [1.807, 2.05) is 20.1 Å². The van der Waals surface area contributed by atoms with Crippen molar-refractivity contribution in [3.63, 3.8) is 0 Å². The summed E-state index contributed by atoms with van der Waals surface area (Å²) in [4.78, 5) is 12.0. The van der Waals surface area contributed by atoms with Gasteiger partial charge in [-0.25, -0.2) is 0 Å². The highest BCUT2D eigenvalue weighted by molar-refractivity contribution is 7.98. The normalized spacial score (nSPS) is 26.7. The average molecular weight is 246 g/mol. The van der Waals surface area contributed by atoms with Gasteiger partial charge in [-0.15, -0.1) is 0 Å². The van der Waals surface area contributed by atoms with Crippen molar-refractivity contribution in [2.45, 2.75) is 25.9 Å². The van der Waals surface area contributed by atoms with E-state index in [1.54, 1.807) is 11.8 Å². The van der Waals surface area contributed by atoms with Crippen molar-refractivity contribution >= 4 is 17.7 Å². The summed E-state index contributed by atoms with van der Waals surface area (Å²) in [6, 6.07) is 0.400. The van der Waals surface area contributed by atoms with Gasteiger partial charge < -0.3 is 15.4 Å². The lowest BCUT2D eigenvalue weighted by atomic mass is 10.0. The third-order valence-corrected chi connectivity index (χ3v) is 3.52. The van der Waals surface area contributed by atoms with E-state index in [1.165, 1.54) is 0 Å². The van der Waals surface area contributed by atoms with Crippen LogP contribution >= 0.6 is 11.8 Å². The summed E-state index contributed by atoms with van der Waals surface area (Å²) in [7, 11) is 0. The van der Waals surface area contributed by atoms with E-state index in [9.17, 15) is 4.79 Å². The second kappa shape index (κ2) is 7.14. The van der Waals surface area contributed by atoms with E-state index in [-0.39, 0.29) is 23.9 Å². The van der Waals surface area contributed by atoms with Crippen LogP contribution in [0, 0.1) is 5.92 Å². The van der Waals surface area contributed by atoms with Crippen LogP contribution in [0.4, 0.5) is 0 Å². The van der Waals surface area contributed by atoms with Crippen LogP contribution in [0.3, 0.4) is 0 Å². The summed E-state index contributed by atoms with van der Waals surface area (Å²) in [5, 5.41) is 6.32. The minimum atomic E-state index is -0.0377. The lowest BCUT2D eigenvalue weighted by molar-refractivity contribution is -0.125. The standard InChI is InChI=1S/C11H22N2O2S/c1-4-12-10-6-15-5-9(10)11(14)13-8(2)7-16-3/h8-10,12H,4-7H2,1-3H3,(H,13,14). The molecule has 1 fully saturated rings. The first kappa shape index (κ1) is 13.8. The Kier molecular flexibility index (Phi) is 6.16. The molecule has 1 saturated heterocycles. The first-order chi connectivity index (χ1) is 7.69. The molecule has 0 radical (unpaired) electrons. The van der Waals surface area contributed by atoms with E-state index < -0.39 is 0 Å². The van der Waals surface area contributed by atoms with Gasteiger partial charge in [-0.05, 0) is 19.7 Å². The number of hydrogen-bond acceptors (Lipinski definition) is 4. The highest BCUT2D eigenvalue weighted by Crippen LogP contribution is 2.14. The zero-order valence-corrected chi connectivity index (χ0v) is 11.1. The number of amides is 1. The van der Waals surface area contributed by atoms with Crippen LogP contribution in [0.15, 0.2) is 0 Å². The Morgan fingerprint density at radius 1 is 1.56 bits per heavy atom. The van der Waals surface area contributed by atoms with Crippen molar-refractivity contribution in [1.29, 1.82) is 0 Å². The molecule has 4 nitrogen and oxygen atoms in total. The molecule has 0 aromatic carbocycles. The monoisotopic (exact) mass is 246 g/mol. The second-order valence-electron chi connectivity index (χ2n) is 4.17. The quantitative estimate of drug-likeness (QED) is 0.716. The van der Waals surface area contributed by atoms with Crippen LogP contribution in [0.5, 0.6) is 0 Å². The molecule has 0 aromatic rings. The van der Waals surface area contributed by atoms with Gasteiger partial charge in [-0.3, -0.25) is 4.79 Å². The number of hydrogen-bond donors (Lipinski definition) is 2. The molecule has 1 aliphatic heterocycles. The predicted octanol–water partition coefficient (Wildman–Crippen LogP) is 0.479. The number of ether oxygens (including phenoxy) is 1. The van der Waals surface area contributed by atoms with Crippen molar-refractivity contribution in [1.82, 2.24) is 10.6 Å². The largest absolute Gasteiger partial charge is 0.379 e. The van der Waals surface area contributed by atoms with Crippen LogP contribution in [0.1, 0.15) is 13.8 Å². The van der Waals surface area contributed by atoms with Crippen molar-refractivity contribution in [2.75, 3.05) is 31.8 Å². The van der Waals surface area contributed by atoms with Crippen LogP contribution in [0.2, 0.25) is 0 Å². The molecule has 1 rings (SSSR count). The fraction of sp³-hybridized carbons (Fsp3) is 0.909. The molecule has 3 atom stereocenters. The number of carbonyl (C=O) groups is 1. The van der Waals surface area contributed by atoms with Crippen molar-refractivity contribution in [3.05, 3.63) is 0 Å². The molecule has 0 aliphatic carbocycles. The summed E-state index contributed by atoms with van der Waals surface area (Å²) < 4.78 is 5.36. The summed E-state index contributed by atoms with van der Waals surface area (Å²) in [5.74, 6) is 1.03. The Balaban J connectivity index is 2.40. The molecule has 16 heavy (non-hydrogen) atoms. The van der Waals surface area contributed by atoms with E-state index in [0.717, 1.165) is 12.3 Å². The highest BCUT2D eigenvalue weighted by Gasteiger charge is 2.33. The number of thioether (sulfide) groups is 1. The molecule has 94 valence electrons. The Labute approximate surface area is 102 Å². The SMILES string of the molecule is CCNC1COCC1C(=O)NC(C)CSC. The minimum Gasteiger partial charge on any atom is -0.379 e. The molecule has 0 saturated carbocycles. The fourth-order valence-corrected chi connectivity index (χ4v) is 2.50. The van der Waals surface area contributed by atoms with Gasteiger partial charge in [-0.1, -0.05) is 6.92 Å². The first-order valence-corrected chi connectivity index (χ1v) is 7.18. The van der Waals surface area contributed by atoms with Crippen LogP contribution < -0.4 is 10.6 Å². The maximum Gasteiger partial charge on any atom is 0.227 e. The molecular weight excluding hydrogens is 224 g/mol. The highest BCUT2D eigenvalue weighted by atomic mass is 32.2. The van der Waals surface area contributed by atoms with Gasteiger partial charge in [0.15, 0.2) is 0 Å². The third-order valence-electron chi connectivity index (χ3n) is 2.69. The number of rotatable bonds is 6. The van der Waals surface area contributed by atoms with Gasteiger partial charge in [0.25, 0.3) is 0 Å². The third kappa shape index (κ3) is 3.96. The Bertz CT molecular complexity index is 226. The molecule has 2 N–H and O–H groups in total. The second-order valence-corrected chi connectivity index (χ2v) is 5.08. The lowest BCUT2D eigenvalue weighted by Gasteiger charge is -2.20. The van der Waals surface area contributed by atoms with Gasteiger partial charge in [0.2, 0.25) is 5.91 Å². The van der Waals surface area contributed by atoms with Crippen LogP contribution in [0.25, 0.3) is 0 Å². The minimum absolute atomic E-state index is 0.0377. The van der Waals surface area contributed by atoms with Gasteiger partial charge in [0.1, 0.15) is 0 Å². The number of carbonyl (C=O) groups excluding carboxylic acids is 1. The van der Waals surface area contributed by atoms with Gasteiger partial charge in [0.05, 0.1) is 19.1 Å². The topological polar surface area (TPSA) is 50.4 Å². The smallest absolute Gasteiger partial charge is 0.227 e. The summed E-state index contributed by atoms with van der Waals surface area (Å²) >= 11 is 1.74. The van der Waals surface area contributed by atoms with Gasteiger partial charge >= 0.3 is 0 Å². The summed E-state index contributed by atoms with van der Waals surface area (Å²) in [6.07, 6.45) is 2.04. The van der Waals surface area contributed by atoms with E-state index >= 15 is 0 Å². The molecule has 1 amide bonds. The molecule has 0 aromatic heterocycles. The first-order valence-electron chi connectivity index (χ1n) is 5.79. The van der Waals surface area contributed by atoms with Crippen LogP contribution in [-0.2, 0) is 9.53 Å². The van der Waals surface area contributed by atoms with Crippen LogP contribution in [-0.4, -0.2) is 49.8 Å².